The zero-order valence-electron chi connectivity index (χ0n) is 11.0. The summed E-state index contributed by atoms with van der Waals surface area (Å²) in [7, 11) is 0. The molecule has 0 atom stereocenters. The van der Waals surface area contributed by atoms with Gasteiger partial charge in [-0.05, 0) is 35.9 Å². The maximum Gasteiger partial charge on any atom is 0.231 e. The lowest BCUT2D eigenvalue weighted by Crippen LogP contribution is -1.92. The zero-order chi connectivity index (χ0) is 14.2. The number of pyridine rings is 1. The Labute approximate surface area is 120 Å². The topological polar surface area (TPSA) is 86.0 Å². The number of nitrogen functional groups attached to an aromatic ring is 1. The molecule has 0 amide bonds. The van der Waals surface area contributed by atoms with Crippen LogP contribution in [0.2, 0.25) is 0 Å². The first kappa shape index (κ1) is 11.8. The molecule has 1 aromatic carbocycles. The fourth-order valence-electron chi connectivity index (χ4n) is 2.43. The van der Waals surface area contributed by atoms with Crippen LogP contribution in [0.4, 0.5) is 5.82 Å². The van der Waals surface area contributed by atoms with Gasteiger partial charge in [-0.2, -0.15) is 5.10 Å². The number of hydrogen-bond donors (Lipinski definition) is 2. The summed E-state index contributed by atoms with van der Waals surface area (Å²) in [6, 6.07) is 9.55. The summed E-state index contributed by atoms with van der Waals surface area (Å²) in [5.41, 5.74) is 9.61. The van der Waals surface area contributed by atoms with E-state index in [1.54, 1.807) is 12.4 Å². The van der Waals surface area contributed by atoms with Crippen LogP contribution in [0, 0.1) is 0 Å². The van der Waals surface area contributed by atoms with Crippen LogP contribution in [0.1, 0.15) is 0 Å². The molecule has 104 valence electrons. The maximum absolute atomic E-state index is 6.00. The van der Waals surface area contributed by atoms with E-state index in [-0.39, 0.29) is 6.79 Å². The van der Waals surface area contributed by atoms with E-state index in [9.17, 15) is 0 Å². The molecule has 0 spiro atoms. The van der Waals surface area contributed by atoms with Crippen molar-refractivity contribution >= 4 is 5.82 Å². The number of nitrogens with zero attached hydrogens (tertiary/aromatic N) is 2. The molecular weight excluding hydrogens is 268 g/mol. The third-order valence-corrected chi connectivity index (χ3v) is 3.42. The number of rotatable bonds is 2. The monoisotopic (exact) mass is 280 g/mol. The van der Waals surface area contributed by atoms with Gasteiger partial charge >= 0.3 is 0 Å². The molecule has 3 N–H and O–H groups in total. The smallest absolute Gasteiger partial charge is 0.231 e. The van der Waals surface area contributed by atoms with Crippen LogP contribution in [0.3, 0.4) is 0 Å². The first-order valence-corrected chi connectivity index (χ1v) is 6.47. The van der Waals surface area contributed by atoms with Gasteiger partial charge < -0.3 is 15.2 Å². The van der Waals surface area contributed by atoms with Crippen molar-refractivity contribution in [1.82, 2.24) is 15.2 Å². The molecule has 0 saturated carbocycles. The van der Waals surface area contributed by atoms with E-state index in [2.05, 4.69) is 15.2 Å². The highest BCUT2D eigenvalue weighted by Gasteiger charge is 2.18. The standard InChI is InChI=1S/C15H12N4O2/c16-15-13(9-3-5-17-6-4-9)14(18-19-15)10-1-2-11-12(7-10)21-8-20-11/h1-7H,8H2,(H3,16,18,19). The molecule has 6 heteroatoms. The van der Waals surface area contributed by atoms with Crippen LogP contribution in [-0.4, -0.2) is 22.0 Å². The Morgan fingerprint density at radius 1 is 1.00 bits per heavy atom. The molecule has 2 aromatic heterocycles. The van der Waals surface area contributed by atoms with Crippen molar-refractivity contribution in [2.24, 2.45) is 0 Å². The third-order valence-electron chi connectivity index (χ3n) is 3.42. The van der Waals surface area contributed by atoms with Crippen molar-refractivity contribution in [2.45, 2.75) is 0 Å². The molecule has 3 heterocycles. The number of hydrogen-bond acceptors (Lipinski definition) is 5. The molecule has 0 aliphatic carbocycles. The lowest BCUT2D eigenvalue weighted by atomic mass is 10.0. The predicted molar refractivity (Wildman–Crippen MR) is 77.8 cm³/mol. The number of anilines is 1. The van der Waals surface area contributed by atoms with Gasteiger partial charge in [-0.25, -0.2) is 0 Å². The Morgan fingerprint density at radius 3 is 2.67 bits per heavy atom. The van der Waals surface area contributed by atoms with Gasteiger partial charge in [0.2, 0.25) is 6.79 Å². The van der Waals surface area contributed by atoms with Crippen molar-refractivity contribution < 1.29 is 9.47 Å². The Kier molecular flexibility index (Phi) is 2.53. The van der Waals surface area contributed by atoms with Gasteiger partial charge in [-0.1, -0.05) is 0 Å². The first-order chi connectivity index (χ1) is 10.3. The minimum Gasteiger partial charge on any atom is -0.454 e. The van der Waals surface area contributed by atoms with Gasteiger partial charge in [0.1, 0.15) is 0 Å². The van der Waals surface area contributed by atoms with Gasteiger partial charge in [0.25, 0.3) is 0 Å². The molecule has 0 bridgehead atoms. The number of H-pyrrole nitrogens is 1. The Hall–Kier alpha value is -3.02. The SMILES string of the molecule is Nc1n[nH]c(-c2ccc3c(c2)OCO3)c1-c1ccncc1. The molecule has 1 aliphatic rings. The highest BCUT2D eigenvalue weighted by molar-refractivity contribution is 5.88. The zero-order valence-corrected chi connectivity index (χ0v) is 11.0. The number of aromatic nitrogens is 3. The summed E-state index contributed by atoms with van der Waals surface area (Å²) < 4.78 is 10.7. The molecule has 0 radical (unpaired) electrons. The van der Waals surface area contributed by atoms with E-state index in [0.717, 1.165) is 33.9 Å². The van der Waals surface area contributed by atoms with E-state index in [0.29, 0.717) is 5.82 Å². The van der Waals surface area contributed by atoms with Crippen LogP contribution in [0.25, 0.3) is 22.4 Å². The summed E-state index contributed by atoms with van der Waals surface area (Å²) >= 11 is 0. The van der Waals surface area contributed by atoms with E-state index >= 15 is 0 Å². The maximum atomic E-state index is 6.00. The summed E-state index contributed by atoms with van der Waals surface area (Å²) in [5.74, 6) is 1.92. The highest BCUT2D eigenvalue weighted by atomic mass is 16.7. The highest BCUT2D eigenvalue weighted by Crippen LogP contribution is 2.39. The number of ether oxygens (including phenoxy) is 2. The fourth-order valence-corrected chi connectivity index (χ4v) is 2.43. The Morgan fingerprint density at radius 2 is 1.81 bits per heavy atom. The number of aromatic amines is 1. The molecule has 0 fully saturated rings. The van der Waals surface area contributed by atoms with Crippen molar-refractivity contribution in [3.63, 3.8) is 0 Å². The molecule has 3 aromatic rings. The molecule has 4 rings (SSSR count). The van der Waals surface area contributed by atoms with Gasteiger partial charge in [0, 0.05) is 18.0 Å². The normalized spacial score (nSPS) is 12.6. The molecule has 6 nitrogen and oxygen atoms in total. The Balaban J connectivity index is 1.87. The second-order valence-corrected chi connectivity index (χ2v) is 4.66. The van der Waals surface area contributed by atoms with Crippen LogP contribution >= 0.6 is 0 Å². The van der Waals surface area contributed by atoms with Gasteiger partial charge in [0.15, 0.2) is 17.3 Å². The minimum atomic E-state index is 0.251. The molecule has 21 heavy (non-hydrogen) atoms. The average Bonchev–Trinajstić information content (AvgIpc) is 3.13. The molecule has 0 saturated heterocycles. The summed E-state index contributed by atoms with van der Waals surface area (Å²) in [5, 5.41) is 7.11. The van der Waals surface area contributed by atoms with Crippen molar-refractivity contribution in [3.05, 3.63) is 42.7 Å². The lowest BCUT2D eigenvalue weighted by Gasteiger charge is -2.05. The third kappa shape index (κ3) is 1.88. The number of fused-ring (bicyclic) bond motifs is 1. The van der Waals surface area contributed by atoms with Gasteiger partial charge in [-0.3, -0.25) is 10.1 Å². The van der Waals surface area contributed by atoms with Crippen molar-refractivity contribution in [2.75, 3.05) is 12.5 Å². The van der Waals surface area contributed by atoms with Gasteiger partial charge in [-0.15, -0.1) is 0 Å². The fraction of sp³-hybridized carbons (Fsp3) is 0.0667. The van der Waals surface area contributed by atoms with Crippen LogP contribution in [0.15, 0.2) is 42.7 Å². The minimum absolute atomic E-state index is 0.251. The van der Waals surface area contributed by atoms with Crippen LogP contribution < -0.4 is 15.2 Å². The first-order valence-electron chi connectivity index (χ1n) is 6.47. The van der Waals surface area contributed by atoms with E-state index in [1.807, 2.05) is 30.3 Å². The van der Waals surface area contributed by atoms with Crippen molar-refractivity contribution in [1.29, 1.82) is 0 Å². The molecule has 0 unspecified atom stereocenters. The molecule has 1 aliphatic heterocycles. The largest absolute Gasteiger partial charge is 0.454 e. The number of nitrogens with one attached hydrogen (secondary N) is 1. The second-order valence-electron chi connectivity index (χ2n) is 4.66. The summed E-state index contributed by atoms with van der Waals surface area (Å²) in [6.07, 6.45) is 3.45. The number of benzene rings is 1. The lowest BCUT2D eigenvalue weighted by molar-refractivity contribution is 0.174. The Bertz CT molecular complexity index is 799. The summed E-state index contributed by atoms with van der Waals surface area (Å²) in [4.78, 5) is 4.03. The molecular formula is C15H12N4O2. The van der Waals surface area contributed by atoms with Gasteiger partial charge in [0.05, 0.1) is 11.3 Å². The average molecular weight is 280 g/mol. The quantitative estimate of drug-likeness (QED) is 0.753. The van der Waals surface area contributed by atoms with E-state index in [4.69, 9.17) is 15.2 Å². The van der Waals surface area contributed by atoms with Crippen LogP contribution in [-0.2, 0) is 0 Å². The second kappa shape index (κ2) is 4.52. The van der Waals surface area contributed by atoms with Crippen LogP contribution in [0.5, 0.6) is 11.5 Å². The number of nitrogens with two attached hydrogens (primary N) is 1. The van der Waals surface area contributed by atoms with E-state index in [1.165, 1.54) is 0 Å². The van der Waals surface area contributed by atoms with Crippen molar-refractivity contribution in [3.8, 4) is 33.9 Å². The predicted octanol–water partition coefficient (Wildman–Crippen LogP) is 2.45. The summed E-state index contributed by atoms with van der Waals surface area (Å²) in [6.45, 7) is 0.251. The van der Waals surface area contributed by atoms with E-state index < -0.39 is 0 Å².